The molecule has 5 nitrogen and oxygen atoms in total. The Morgan fingerprint density at radius 3 is 1.33 bits per heavy atom. The maximum Gasteiger partial charge on any atom is 0.169 e. The van der Waals surface area contributed by atoms with Crippen LogP contribution in [0, 0.1) is 0 Å². The molecule has 2 aliphatic rings. The van der Waals surface area contributed by atoms with Crippen molar-refractivity contribution in [3.8, 4) is 0 Å². The molecule has 0 aromatic heterocycles. The molecular formula is C44H80N2O3. The number of hydrogen-bond donors (Lipinski definition) is 1. The molecule has 5 heteroatoms. The molecule has 0 aliphatic carbocycles. The van der Waals surface area contributed by atoms with Crippen LogP contribution in [0.2, 0.25) is 0 Å². The van der Waals surface area contributed by atoms with E-state index in [2.05, 4.69) is 81.5 Å². The van der Waals surface area contributed by atoms with Gasteiger partial charge in [0.2, 0.25) is 0 Å². The summed E-state index contributed by atoms with van der Waals surface area (Å²) in [7, 11) is 4.17. The lowest BCUT2D eigenvalue weighted by molar-refractivity contribution is -0.218. The van der Waals surface area contributed by atoms with E-state index in [0.717, 1.165) is 45.1 Å². The van der Waals surface area contributed by atoms with E-state index in [1.54, 1.807) is 0 Å². The fourth-order valence-corrected chi connectivity index (χ4v) is 7.19. The van der Waals surface area contributed by atoms with Gasteiger partial charge in [-0.15, -0.1) is 0 Å². The summed E-state index contributed by atoms with van der Waals surface area (Å²) in [6.07, 6.45) is 50.4. The van der Waals surface area contributed by atoms with Gasteiger partial charge in [-0.05, 0) is 91.1 Å². The Kier molecular flexibility index (Phi) is 26.3. The van der Waals surface area contributed by atoms with Crippen LogP contribution in [0.25, 0.3) is 0 Å². The normalized spacial score (nSPS) is 22.3. The maximum absolute atomic E-state index is 6.83. The van der Waals surface area contributed by atoms with Gasteiger partial charge in [0.25, 0.3) is 0 Å². The molecule has 0 spiro atoms. The predicted octanol–water partition coefficient (Wildman–Crippen LogP) is 12.1. The van der Waals surface area contributed by atoms with Crippen LogP contribution in [-0.4, -0.2) is 55.9 Å². The zero-order chi connectivity index (χ0) is 35.3. The number of nitrogens with zero attached hydrogens (tertiary/aromatic N) is 1. The number of unbranched alkanes of at least 4 members (excludes halogenated alkanes) is 18. The summed E-state index contributed by atoms with van der Waals surface area (Å²) in [4.78, 5) is 2.16. The predicted molar refractivity (Wildman–Crippen MR) is 212 cm³/mol. The van der Waals surface area contributed by atoms with Crippen LogP contribution >= 0.6 is 0 Å². The minimum Gasteiger partial charge on any atom is -0.353 e. The van der Waals surface area contributed by atoms with Crippen LogP contribution in [0.4, 0.5) is 0 Å². The molecule has 0 amide bonds. The Morgan fingerprint density at radius 1 is 0.510 bits per heavy atom. The van der Waals surface area contributed by atoms with Crippen molar-refractivity contribution < 1.29 is 14.2 Å². The van der Waals surface area contributed by atoms with Crippen LogP contribution < -0.4 is 5.73 Å². The summed E-state index contributed by atoms with van der Waals surface area (Å²) in [6.45, 7) is 5.34. The number of rotatable bonds is 32. The average Bonchev–Trinajstić information content (AvgIpc) is 3.59. The first-order chi connectivity index (χ1) is 24.0. The molecule has 4 unspecified atom stereocenters. The summed E-state index contributed by atoms with van der Waals surface area (Å²) >= 11 is 0. The van der Waals surface area contributed by atoms with Gasteiger partial charge in [0.1, 0.15) is 24.5 Å². The van der Waals surface area contributed by atoms with Gasteiger partial charge in [-0.3, -0.25) is 0 Å². The van der Waals surface area contributed by atoms with Crippen LogP contribution in [0.5, 0.6) is 0 Å². The second-order valence-electron chi connectivity index (χ2n) is 15.1. The first-order valence-electron chi connectivity index (χ1n) is 21.0. The number of allylic oxidation sites excluding steroid dienone is 8. The molecule has 0 aromatic rings. The van der Waals surface area contributed by atoms with Crippen molar-refractivity contribution in [2.75, 3.05) is 20.6 Å². The molecule has 0 saturated carbocycles. The largest absolute Gasteiger partial charge is 0.353 e. The third kappa shape index (κ3) is 21.0. The number of ether oxygens (including phenoxy) is 3. The first kappa shape index (κ1) is 43.9. The van der Waals surface area contributed by atoms with Gasteiger partial charge in [-0.25, -0.2) is 0 Å². The van der Waals surface area contributed by atoms with Gasteiger partial charge < -0.3 is 24.8 Å². The van der Waals surface area contributed by atoms with Gasteiger partial charge >= 0.3 is 0 Å². The Morgan fingerprint density at radius 2 is 0.898 bits per heavy atom. The van der Waals surface area contributed by atoms with Crippen molar-refractivity contribution in [3.63, 3.8) is 0 Å². The van der Waals surface area contributed by atoms with Gasteiger partial charge in [-0.2, -0.15) is 0 Å². The van der Waals surface area contributed by atoms with E-state index in [1.165, 1.54) is 128 Å². The third-order valence-electron chi connectivity index (χ3n) is 10.1. The molecule has 0 radical (unpaired) electrons. The molecule has 2 N–H and O–H groups in total. The third-order valence-corrected chi connectivity index (χ3v) is 10.1. The molecule has 0 aromatic carbocycles. The van der Waals surface area contributed by atoms with Crippen LogP contribution in [-0.2, 0) is 14.2 Å². The molecule has 2 heterocycles. The highest BCUT2D eigenvalue weighted by atomic mass is 16.8. The minimum atomic E-state index is -0.494. The minimum absolute atomic E-state index is 0.0244. The zero-order valence-corrected chi connectivity index (χ0v) is 32.8. The monoisotopic (exact) mass is 685 g/mol. The van der Waals surface area contributed by atoms with Crippen molar-refractivity contribution in [2.45, 2.75) is 211 Å². The maximum atomic E-state index is 6.83. The van der Waals surface area contributed by atoms with E-state index in [4.69, 9.17) is 19.9 Å². The summed E-state index contributed by atoms with van der Waals surface area (Å²) in [6, 6.07) is 0. The summed E-state index contributed by atoms with van der Waals surface area (Å²) in [5, 5.41) is 0. The van der Waals surface area contributed by atoms with Crippen molar-refractivity contribution in [1.29, 1.82) is 0 Å². The Balaban J connectivity index is 1.63. The topological polar surface area (TPSA) is 57.0 Å². The lowest BCUT2D eigenvalue weighted by atomic mass is 9.98. The molecule has 0 bridgehead atoms. The Labute approximate surface area is 304 Å². The molecule has 49 heavy (non-hydrogen) atoms. The smallest absolute Gasteiger partial charge is 0.169 e. The van der Waals surface area contributed by atoms with Crippen molar-refractivity contribution in [3.05, 3.63) is 48.6 Å². The molecule has 2 rings (SSSR count). The van der Waals surface area contributed by atoms with Gasteiger partial charge in [0, 0.05) is 19.4 Å². The molecular weight excluding hydrogens is 604 g/mol. The second-order valence-corrected chi connectivity index (χ2v) is 15.1. The molecule has 2 fully saturated rings. The highest BCUT2D eigenvalue weighted by Gasteiger charge is 2.56. The summed E-state index contributed by atoms with van der Waals surface area (Å²) in [5.74, 6) is -0.494. The first-order valence-corrected chi connectivity index (χ1v) is 21.0. The SMILES string of the molecule is CCCCC/C=C\C/C=C\CCCCCCCCC1(CCCCCCCC/C=C\C/C=C\CCCCC)OC2C(N)OC(CN(C)C)C2O1. The van der Waals surface area contributed by atoms with E-state index in [9.17, 15) is 0 Å². The van der Waals surface area contributed by atoms with E-state index >= 15 is 0 Å². The standard InChI is InChI=1S/C44H80N2O3/c1-5-7-9-11-13-15-17-19-21-23-25-27-29-31-33-35-37-44(48-41-40(39-46(3)4)47-43(45)42(41)49-44)38-36-34-32-30-28-26-24-22-20-18-16-14-12-10-8-6-2/h13-16,19-22,40-43H,5-12,17-18,23-39,45H2,1-4H3/b15-13-,16-14-,21-19-,22-20-. The Bertz CT molecular complexity index is 831. The molecule has 284 valence electrons. The molecule has 2 aliphatic heterocycles. The highest BCUT2D eigenvalue weighted by Crippen LogP contribution is 2.43. The van der Waals surface area contributed by atoms with Crippen molar-refractivity contribution in [2.24, 2.45) is 5.73 Å². The van der Waals surface area contributed by atoms with Crippen LogP contribution in [0.3, 0.4) is 0 Å². The number of nitrogens with two attached hydrogens (primary N) is 1. The fourth-order valence-electron chi connectivity index (χ4n) is 7.19. The lowest BCUT2D eigenvalue weighted by Crippen LogP contribution is -2.39. The van der Waals surface area contributed by atoms with Crippen LogP contribution in [0.1, 0.15) is 181 Å². The number of hydrogen-bond acceptors (Lipinski definition) is 5. The highest BCUT2D eigenvalue weighted by molar-refractivity contribution is 4.99. The average molecular weight is 685 g/mol. The van der Waals surface area contributed by atoms with E-state index in [0.29, 0.717) is 0 Å². The van der Waals surface area contributed by atoms with Gasteiger partial charge in [-0.1, -0.05) is 140 Å². The molecule has 2 saturated heterocycles. The van der Waals surface area contributed by atoms with E-state index in [1.807, 2.05) is 0 Å². The van der Waals surface area contributed by atoms with E-state index < -0.39 is 12.0 Å². The quantitative estimate of drug-likeness (QED) is 0.0564. The number of likely N-dealkylation sites (N-methyl/N-ethyl adjacent to an activating group) is 1. The van der Waals surface area contributed by atoms with Crippen LogP contribution in [0.15, 0.2) is 48.6 Å². The Hall–Kier alpha value is -1.24. The molecule has 4 atom stereocenters. The van der Waals surface area contributed by atoms with E-state index in [-0.39, 0.29) is 18.3 Å². The summed E-state index contributed by atoms with van der Waals surface area (Å²) in [5.41, 5.74) is 6.43. The zero-order valence-electron chi connectivity index (χ0n) is 32.8. The lowest BCUT2D eigenvalue weighted by Gasteiger charge is -2.31. The summed E-state index contributed by atoms with van der Waals surface area (Å²) < 4.78 is 19.6. The van der Waals surface area contributed by atoms with Gasteiger partial charge in [0.05, 0.1) is 0 Å². The van der Waals surface area contributed by atoms with Crippen molar-refractivity contribution in [1.82, 2.24) is 4.90 Å². The van der Waals surface area contributed by atoms with Crippen molar-refractivity contribution >= 4 is 0 Å². The fraction of sp³-hybridized carbons (Fsp3) is 0.818. The number of fused-ring (bicyclic) bond motifs is 1. The second kappa shape index (κ2) is 29.3. The van der Waals surface area contributed by atoms with Gasteiger partial charge in [0.15, 0.2) is 5.79 Å².